The Labute approximate surface area is 168 Å². The van der Waals surface area contributed by atoms with Crippen LogP contribution in [-0.4, -0.2) is 40.3 Å². The number of hydrogen-bond acceptors (Lipinski definition) is 5. The Morgan fingerprint density at radius 1 is 1.46 bits per heavy atom. The highest BCUT2D eigenvalue weighted by molar-refractivity contribution is 6.31. The summed E-state index contributed by atoms with van der Waals surface area (Å²) < 4.78 is 18.9. The molecule has 8 heteroatoms. The van der Waals surface area contributed by atoms with Gasteiger partial charge in [-0.25, -0.2) is 14.2 Å². The lowest BCUT2D eigenvalue weighted by Gasteiger charge is -2.37. The second-order valence-electron chi connectivity index (χ2n) is 6.97. The van der Waals surface area contributed by atoms with Gasteiger partial charge in [0.15, 0.2) is 0 Å². The zero-order valence-corrected chi connectivity index (χ0v) is 16.5. The van der Waals surface area contributed by atoms with Crippen molar-refractivity contribution in [2.45, 2.75) is 39.0 Å². The van der Waals surface area contributed by atoms with E-state index in [0.717, 1.165) is 22.6 Å². The van der Waals surface area contributed by atoms with Crippen LogP contribution in [0.4, 0.5) is 15.0 Å². The van der Waals surface area contributed by atoms with Gasteiger partial charge in [-0.1, -0.05) is 30.7 Å². The highest BCUT2D eigenvalue weighted by Gasteiger charge is 2.30. The number of benzene rings is 1. The van der Waals surface area contributed by atoms with Crippen LogP contribution < -0.4 is 5.32 Å². The van der Waals surface area contributed by atoms with Crippen LogP contribution >= 0.6 is 11.6 Å². The molecule has 0 amide bonds. The van der Waals surface area contributed by atoms with Gasteiger partial charge in [0.1, 0.15) is 17.7 Å². The third kappa shape index (κ3) is 4.91. The maximum atomic E-state index is 14.2. The van der Waals surface area contributed by atoms with Crippen LogP contribution in [0.1, 0.15) is 36.1 Å². The highest BCUT2D eigenvalue weighted by atomic mass is 35.5. The molecule has 0 radical (unpaired) electrons. The molecule has 6 nitrogen and oxygen atoms in total. The number of hydrogen-bond donors (Lipinski definition) is 2. The van der Waals surface area contributed by atoms with Gasteiger partial charge in [-0.05, 0) is 36.6 Å². The molecule has 28 heavy (non-hydrogen) atoms. The van der Waals surface area contributed by atoms with Crippen molar-refractivity contribution in [3.63, 3.8) is 0 Å². The van der Waals surface area contributed by atoms with Gasteiger partial charge in [0.2, 0.25) is 0 Å². The minimum absolute atomic E-state index is 0.0270. The summed E-state index contributed by atoms with van der Waals surface area (Å²) in [5.41, 5.74) is 2.60. The SMILES string of the molecule is CC[C@@H](Nc1cc(CN2CC(OC(=O)O)C2)c(F)cn1)c1ccc(Cl)c(C)c1. The Hall–Kier alpha value is -2.38. The first-order chi connectivity index (χ1) is 13.4. The molecule has 1 aliphatic rings. The maximum Gasteiger partial charge on any atom is 0.506 e. The number of likely N-dealkylation sites (tertiary alicyclic amines) is 1. The van der Waals surface area contributed by atoms with Crippen molar-refractivity contribution in [3.05, 3.63) is 58.0 Å². The fourth-order valence-electron chi connectivity index (χ4n) is 3.27. The molecule has 1 aliphatic heterocycles. The van der Waals surface area contributed by atoms with Crippen molar-refractivity contribution in [1.29, 1.82) is 0 Å². The molecule has 2 aromatic rings. The summed E-state index contributed by atoms with van der Waals surface area (Å²) in [6.07, 6.45) is 0.407. The fraction of sp³-hybridized carbons (Fsp3) is 0.400. The molecule has 1 aromatic carbocycles. The van der Waals surface area contributed by atoms with E-state index in [1.54, 1.807) is 6.07 Å². The molecule has 3 rings (SSSR count). The maximum absolute atomic E-state index is 14.2. The van der Waals surface area contributed by atoms with E-state index in [4.69, 9.17) is 16.7 Å². The van der Waals surface area contributed by atoms with Crippen molar-refractivity contribution in [3.8, 4) is 0 Å². The van der Waals surface area contributed by atoms with Gasteiger partial charge in [-0.2, -0.15) is 0 Å². The Bertz CT molecular complexity index is 859. The van der Waals surface area contributed by atoms with E-state index in [2.05, 4.69) is 22.0 Å². The van der Waals surface area contributed by atoms with E-state index in [-0.39, 0.29) is 18.0 Å². The molecular formula is C20H23ClFN3O3. The molecule has 150 valence electrons. The molecule has 0 aliphatic carbocycles. The molecule has 1 aromatic heterocycles. The molecule has 1 fully saturated rings. The number of nitrogens with one attached hydrogen (secondary N) is 1. The van der Waals surface area contributed by atoms with Crippen molar-refractivity contribution in [2.24, 2.45) is 0 Å². The minimum Gasteiger partial charge on any atom is -0.450 e. The zero-order valence-electron chi connectivity index (χ0n) is 15.8. The number of anilines is 1. The van der Waals surface area contributed by atoms with Crippen molar-refractivity contribution in [2.75, 3.05) is 18.4 Å². The van der Waals surface area contributed by atoms with Gasteiger partial charge in [0, 0.05) is 30.2 Å². The number of aromatic nitrogens is 1. The number of nitrogens with zero attached hydrogens (tertiary/aromatic N) is 2. The number of carbonyl (C=O) groups is 1. The van der Waals surface area contributed by atoms with E-state index in [9.17, 15) is 9.18 Å². The fourth-order valence-corrected chi connectivity index (χ4v) is 3.39. The van der Waals surface area contributed by atoms with Crippen molar-refractivity contribution < 1.29 is 19.0 Å². The normalized spacial score (nSPS) is 15.7. The number of rotatable bonds is 7. The lowest BCUT2D eigenvalue weighted by molar-refractivity contribution is -0.0366. The van der Waals surface area contributed by atoms with Crippen LogP contribution in [0.15, 0.2) is 30.5 Å². The first kappa shape index (κ1) is 20.4. The molecule has 2 heterocycles. The van der Waals surface area contributed by atoms with Gasteiger partial charge in [-0.15, -0.1) is 0 Å². The summed E-state index contributed by atoms with van der Waals surface area (Å²) in [5.74, 6) is 0.207. The molecule has 1 saturated heterocycles. The Kier molecular flexibility index (Phi) is 6.36. The standard InChI is InChI=1S/C20H23ClFN3O3/c1-3-18(13-4-5-16(21)12(2)6-13)24-19-7-14(17(22)8-23-19)9-25-10-15(11-25)28-20(26)27/h4-8,15,18H,3,9-11H2,1-2H3,(H,23,24)(H,26,27)/t18-/m1/s1. The summed E-state index contributed by atoms with van der Waals surface area (Å²) in [6, 6.07) is 7.62. The molecule has 0 unspecified atom stereocenters. The third-order valence-corrected chi connectivity index (χ3v) is 5.26. The van der Waals surface area contributed by atoms with Crippen LogP contribution in [0, 0.1) is 12.7 Å². The van der Waals surface area contributed by atoms with Crippen LogP contribution in [0.2, 0.25) is 5.02 Å². The monoisotopic (exact) mass is 407 g/mol. The Morgan fingerprint density at radius 3 is 2.86 bits per heavy atom. The number of ether oxygens (including phenoxy) is 1. The summed E-state index contributed by atoms with van der Waals surface area (Å²) in [4.78, 5) is 16.6. The average Bonchev–Trinajstić information content (AvgIpc) is 2.62. The molecule has 0 bridgehead atoms. The van der Waals surface area contributed by atoms with E-state index in [1.807, 2.05) is 30.0 Å². The topological polar surface area (TPSA) is 74.7 Å². The van der Waals surface area contributed by atoms with Gasteiger partial charge < -0.3 is 15.2 Å². The van der Waals surface area contributed by atoms with Crippen LogP contribution in [0.25, 0.3) is 0 Å². The largest absolute Gasteiger partial charge is 0.506 e. The van der Waals surface area contributed by atoms with Crippen molar-refractivity contribution >= 4 is 23.6 Å². The lowest BCUT2D eigenvalue weighted by Crippen LogP contribution is -2.52. The summed E-state index contributed by atoms with van der Waals surface area (Å²) in [7, 11) is 0. The number of pyridine rings is 1. The van der Waals surface area contributed by atoms with E-state index in [0.29, 0.717) is 31.0 Å². The first-order valence-electron chi connectivity index (χ1n) is 9.14. The minimum atomic E-state index is -1.28. The van der Waals surface area contributed by atoms with Gasteiger partial charge >= 0.3 is 6.16 Å². The predicted molar refractivity (Wildman–Crippen MR) is 105 cm³/mol. The van der Waals surface area contributed by atoms with Crippen LogP contribution in [0.5, 0.6) is 0 Å². The third-order valence-electron chi connectivity index (χ3n) is 4.83. The summed E-state index contributed by atoms with van der Waals surface area (Å²) >= 11 is 6.11. The smallest absolute Gasteiger partial charge is 0.450 e. The quantitative estimate of drug-likeness (QED) is 0.652. The zero-order chi connectivity index (χ0) is 20.3. The van der Waals surface area contributed by atoms with Gasteiger partial charge in [-0.3, -0.25) is 4.90 Å². The number of halogens is 2. The molecule has 0 saturated carbocycles. The highest BCUT2D eigenvalue weighted by Crippen LogP contribution is 2.27. The van der Waals surface area contributed by atoms with E-state index in [1.165, 1.54) is 6.20 Å². The second-order valence-corrected chi connectivity index (χ2v) is 7.38. The number of aryl methyl sites for hydroxylation is 1. The van der Waals surface area contributed by atoms with Crippen molar-refractivity contribution in [1.82, 2.24) is 9.88 Å². The predicted octanol–water partition coefficient (Wildman–Crippen LogP) is 4.62. The van der Waals surface area contributed by atoms with Gasteiger partial charge in [0.05, 0.1) is 12.2 Å². The summed E-state index contributed by atoms with van der Waals surface area (Å²) in [5, 5.41) is 12.7. The summed E-state index contributed by atoms with van der Waals surface area (Å²) in [6.45, 7) is 5.31. The van der Waals surface area contributed by atoms with Gasteiger partial charge in [0.25, 0.3) is 0 Å². The van der Waals surface area contributed by atoms with Crippen LogP contribution in [0.3, 0.4) is 0 Å². The second kappa shape index (κ2) is 8.75. The average molecular weight is 408 g/mol. The van der Waals surface area contributed by atoms with E-state index < -0.39 is 6.16 Å². The molecular weight excluding hydrogens is 385 g/mol. The first-order valence-corrected chi connectivity index (χ1v) is 9.52. The number of carboxylic acid groups (broad SMARTS) is 1. The lowest BCUT2D eigenvalue weighted by atomic mass is 10.0. The Balaban J connectivity index is 1.66. The van der Waals surface area contributed by atoms with Crippen LogP contribution in [-0.2, 0) is 11.3 Å². The molecule has 1 atom stereocenters. The molecule has 2 N–H and O–H groups in total. The Morgan fingerprint density at radius 2 is 2.21 bits per heavy atom. The molecule has 0 spiro atoms. The van der Waals surface area contributed by atoms with E-state index >= 15 is 0 Å².